The van der Waals surface area contributed by atoms with Crippen LogP contribution in [-0.2, 0) is 0 Å². The molecular weight excluding hydrogens is 352 g/mol. The number of fused-ring (bicyclic) bond motifs is 1. The number of anilines is 1. The summed E-state index contributed by atoms with van der Waals surface area (Å²) < 4.78 is 1.96. The number of hydrogen-bond donors (Lipinski definition) is 1. The quantitative estimate of drug-likeness (QED) is 0.754. The standard InChI is InChI=1S/C19H19ClN4O2/c1-11-12(2)24(14-7-5-6-13(20)10-14)18-15(11)17(23-8-3-4-9-23)21-16(22-18)19(25)26/h5-7,10H,3-4,8-9H2,1-2H3,(H,25,26). The fourth-order valence-electron chi connectivity index (χ4n) is 3.63. The second-order valence-corrected chi connectivity index (χ2v) is 7.03. The molecule has 26 heavy (non-hydrogen) atoms. The molecule has 4 rings (SSSR count). The van der Waals surface area contributed by atoms with Crippen LogP contribution in [0.1, 0.15) is 34.7 Å². The first kappa shape index (κ1) is 16.8. The molecule has 6 nitrogen and oxygen atoms in total. The van der Waals surface area contributed by atoms with Crippen molar-refractivity contribution in [1.82, 2.24) is 14.5 Å². The molecule has 3 aromatic rings. The number of rotatable bonds is 3. The minimum Gasteiger partial charge on any atom is -0.475 e. The van der Waals surface area contributed by atoms with Gasteiger partial charge in [0.2, 0.25) is 5.82 Å². The number of hydrogen-bond acceptors (Lipinski definition) is 4. The van der Waals surface area contributed by atoms with Crippen LogP contribution in [0.2, 0.25) is 5.02 Å². The van der Waals surface area contributed by atoms with E-state index < -0.39 is 5.97 Å². The largest absolute Gasteiger partial charge is 0.475 e. The van der Waals surface area contributed by atoms with Crippen LogP contribution in [0.5, 0.6) is 0 Å². The number of halogens is 1. The first-order valence-corrected chi connectivity index (χ1v) is 8.99. The first-order chi connectivity index (χ1) is 12.5. The Balaban J connectivity index is 2.07. The summed E-state index contributed by atoms with van der Waals surface area (Å²) >= 11 is 6.17. The molecule has 1 aromatic carbocycles. The minimum atomic E-state index is -1.12. The molecule has 2 aromatic heterocycles. The van der Waals surface area contributed by atoms with Crippen LogP contribution < -0.4 is 4.90 Å². The van der Waals surface area contributed by atoms with Gasteiger partial charge < -0.3 is 10.0 Å². The van der Waals surface area contributed by atoms with Crippen molar-refractivity contribution in [2.75, 3.05) is 18.0 Å². The summed E-state index contributed by atoms with van der Waals surface area (Å²) in [4.78, 5) is 22.6. The van der Waals surface area contributed by atoms with Crippen molar-refractivity contribution in [3.63, 3.8) is 0 Å². The lowest BCUT2D eigenvalue weighted by Gasteiger charge is -2.18. The highest BCUT2D eigenvalue weighted by molar-refractivity contribution is 6.30. The number of carbonyl (C=O) groups is 1. The topological polar surface area (TPSA) is 71.2 Å². The number of aryl methyl sites for hydroxylation is 1. The van der Waals surface area contributed by atoms with Gasteiger partial charge in [-0.1, -0.05) is 17.7 Å². The number of aromatic nitrogens is 3. The Labute approximate surface area is 156 Å². The summed E-state index contributed by atoms with van der Waals surface area (Å²) in [7, 11) is 0. The van der Waals surface area contributed by atoms with Crippen LogP contribution in [0.15, 0.2) is 24.3 Å². The second-order valence-electron chi connectivity index (χ2n) is 6.59. The fraction of sp³-hybridized carbons (Fsp3) is 0.316. The molecule has 0 aliphatic carbocycles. The zero-order valence-corrected chi connectivity index (χ0v) is 15.4. The molecule has 0 saturated carbocycles. The summed E-state index contributed by atoms with van der Waals surface area (Å²) in [5.41, 5.74) is 3.52. The van der Waals surface area contributed by atoms with Crippen LogP contribution in [0.25, 0.3) is 16.7 Å². The molecule has 7 heteroatoms. The van der Waals surface area contributed by atoms with Crippen molar-refractivity contribution in [3.8, 4) is 5.69 Å². The smallest absolute Gasteiger partial charge is 0.374 e. The van der Waals surface area contributed by atoms with E-state index in [4.69, 9.17) is 11.6 Å². The van der Waals surface area contributed by atoms with Crippen molar-refractivity contribution in [3.05, 3.63) is 46.4 Å². The summed E-state index contributed by atoms with van der Waals surface area (Å²) in [6, 6.07) is 7.48. The highest BCUT2D eigenvalue weighted by Crippen LogP contribution is 2.35. The Morgan fingerprint density at radius 1 is 1.19 bits per heavy atom. The van der Waals surface area contributed by atoms with Gasteiger partial charge in [-0.2, -0.15) is 0 Å². The predicted molar refractivity (Wildman–Crippen MR) is 102 cm³/mol. The Morgan fingerprint density at radius 3 is 2.58 bits per heavy atom. The number of nitrogens with zero attached hydrogens (tertiary/aromatic N) is 4. The Hall–Kier alpha value is -2.60. The molecule has 0 atom stereocenters. The monoisotopic (exact) mass is 370 g/mol. The molecule has 0 spiro atoms. The lowest BCUT2D eigenvalue weighted by atomic mass is 10.2. The Morgan fingerprint density at radius 2 is 1.92 bits per heavy atom. The van der Waals surface area contributed by atoms with E-state index in [-0.39, 0.29) is 5.82 Å². The molecule has 1 aliphatic rings. The summed E-state index contributed by atoms with van der Waals surface area (Å²) in [6.07, 6.45) is 2.17. The van der Waals surface area contributed by atoms with E-state index in [2.05, 4.69) is 14.9 Å². The van der Waals surface area contributed by atoms with Crippen molar-refractivity contribution in [2.45, 2.75) is 26.7 Å². The van der Waals surface area contributed by atoms with Gasteiger partial charge in [0, 0.05) is 29.5 Å². The molecule has 0 unspecified atom stereocenters. The van der Waals surface area contributed by atoms with Gasteiger partial charge in [0.05, 0.1) is 5.39 Å². The first-order valence-electron chi connectivity index (χ1n) is 8.61. The maximum absolute atomic E-state index is 11.6. The van der Waals surface area contributed by atoms with Crippen molar-refractivity contribution >= 4 is 34.4 Å². The molecule has 0 amide bonds. The molecule has 1 fully saturated rings. The van der Waals surface area contributed by atoms with Crippen LogP contribution in [0.3, 0.4) is 0 Å². The molecular formula is C19H19ClN4O2. The maximum Gasteiger partial charge on any atom is 0.374 e. The summed E-state index contributed by atoms with van der Waals surface area (Å²) in [5.74, 6) is -0.590. The van der Waals surface area contributed by atoms with Crippen molar-refractivity contribution < 1.29 is 9.90 Å². The lowest BCUT2D eigenvalue weighted by Crippen LogP contribution is -2.21. The van der Waals surface area contributed by atoms with E-state index in [1.54, 1.807) is 0 Å². The highest BCUT2D eigenvalue weighted by atomic mass is 35.5. The normalized spacial score (nSPS) is 14.3. The number of carboxylic acid groups (broad SMARTS) is 1. The van der Waals surface area contributed by atoms with E-state index in [1.807, 2.05) is 42.7 Å². The average molecular weight is 371 g/mol. The summed E-state index contributed by atoms with van der Waals surface area (Å²) in [5, 5.41) is 11.0. The van der Waals surface area contributed by atoms with Crippen molar-refractivity contribution in [1.29, 1.82) is 0 Å². The maximum atomic E-state index is 11.6. The molecule has 0 bridgehead atoms. The molecule has 1 N–H and O–H groups in total. The molecule has 134 valence electrons. The van der Waals surface area contributed by atoms with Gasteiger partial charge in [-0.05, 0) is 50.5 Å². The number of aromatic carboxylic acids is 1. The lowest BCUT2D eigenvalue weighted by molar-refractivity contribution is 0.0684. The number of carboxylic acids is 1. The van der Waals surface area contributed by atoms with Crippen LogP contribution in [0.4, 0.5) is 5.82 Å². The van der Waals surface area contributed by atoms with E-state index in [9.17, 15) is 9.90 Å². The van der Waals surface area contributed by atoms with Gasteiger partial charge in [-0.15, -0.1) is 0 Å². The van der Waals surface area contributed by atoms with Gasteiger partial charge in [-0.25, -0.2) is 14.8 Å². The zero-order valence-electron chi connectivity index (χ0n) is 14.7. The molecule has 3 heterocycles. The third kappa shape index (κ3) is 2.61. The van der Waals surface area contributed by atoms with Gasteiger partial charge >= 0.3 is 5.97 Å². The molecule has 1 aliphatic heterocycles. The van der Waals surface area contributed by atoms with Crippen LogP contribution in [0, 0.1) is 13.8 Å². The Kier molecular flexibility index (Phi) is 4.07. The zero-order chi connectivity index (χ0) is 18.4. The fourth-order valence-corrected chi connectivity index (χ4v) is 3.81. The highest BCUT2D eigenvalue weighted by Gasteiger charge is 2.25. The van der Waals surface area contributed by atoms with Gasteiger partial charge in [-0.3, -0.25) is 4.57 Å². The van der Waals surface area contributed by atoms with Gasteiger partial charge in [0.1, 0.15) is 5.82 Å². The minimum absolute atomic E-state index is 0.180. The molecule has 0 radical (unpaired) electrons. The summed E-state index contributed by atoms with van der Waals surface area (Å²) in [6.45, 7) is 5.80. The SMILES string of the molecule is Cc1c(C)n(-c2cccc(Cl)c2)c2nc(C(=O)O)nc(N3CCCC3)c12. The molecule has 1 saturated heterocycles. The van der Waals surface area contributed by atoms with Gasteiger partial charge in [0.25, 0.3) is 0 Å². The van der Waals surface area contributed by atoms with Crippen LogP contribution in [-0.4, -0.2) is 38.7 Å². The average Bonchev–Trinajstić information content (AvgIpc) is 3.22. The number of benzene rings is 1. The van der Waals surface area contributed by atoms with E-state index in [0.29, 0.717) is 16.5 Å². The third-order valence-corrected chi connectivity index (χ3v) is 5.23. The second kappa shape index (κ2) is 6.29. The van der Waals surface area contributed by atoms with E-state index in [1.165, 1.54) is 0 Å². The third-order valence-electron chi connectivity index (χ3n) is 5.00. The Bertz CT molecular complexity index is 1020. The van der Waals surface area contributed by atoms with E-state index in [0.717, 1.165) is 48.3 Å². The van der Waals surface area contributed by atoms with Crippen molar-refractivity contribution in [2.24, 2.45) is 0 Å². The predicted octanol–water partition coefficient (Wildman–Crippen LogP) is 3.99. The van der Waals surface area contributed by atoms with Gasteiger partial charge in [0.15, 0.2) is 5.65 Å². The van der Waals surface area contributed by atoms with E-state index >= 15 is 0 Å². The van der Waals surface area contributed by atoms with Crippen LogP contribution >= 0.6 is 11.6 Å².